The van der Waals surface area contributed by atoms with Crippen LogP contribution in [0, 0.1) is 17.9 Å². The Morgan fingerprint density at radius 2 is 0.679 bits per heavy atom. The number of para-hydroxylation sites is 7. The number of hydrogen-bond donors (Lipinski definition) is 0. The largest absolute Gasteiger partial charge is 0.318 e. The lowest BCUT2D eigenvalue weighted by molar-refractivity contribution is 0.776. The van der Waals surface area contributed by atoms with Gasteiger partial charge in [0.1, 0.15) is 6.07 Å². The Labute approximate surface area is 465 Å². The van der Waals surface area contributed by atoms with E-state index < -0.39 is 5.41 Å². The third kappa shape index (κ3) is 5.82. The maximum atomic E-state index is 12.8. The van der Waals surface area contributed by atoms with Gasteiger partial charge in [-0.25, -0.2) is 4.85 Å². The van der Waals surface area contributed by atoms with Gasteiger partial charge in [-0.2, -0.15) is 5.26 Å². The summed E-state index contributed by atoms with van der Waals surface area (Å²) in [4.78, 5) is 4.79. The molecule has 12 aromatic carbocycles. The molecule has 374 valence electrons. The first-order valence-corrected chi connectivity index (χ1v) is 27.5. The van der Waals surface area contributed by atoms with Crippen LogP contribution in [0.5, 0.6) is 0 Å². The highest BCUT2D eigenvalue weighted by Crippen LogP contribution is 2.60. The summed E-state index contributed by atoms with van der Waals surface area (Å²) >= 11 is 0. The molecule has 81 heavy (non-hydrogen) atoms. The van der Waals surface area contributed by atoms with Gasteiger partial charge in [-0.3, -0.25) is 0 Å². The number of hydrogen-bond acceptors (Lipinski definition) is 1. The summed E-state index contributed by atoms with van der Waals surface area (Å²) in [6.45, 7) is 9.82. The molecule has 0 saturated heterocycles. The smallest absolute Gasteiger partial charge is 0.237 e. The number of rotatable bonds is 6. The summed E-state index contributed by atoms with van der Waals surface area (Å²) in [7, 11) is 0. The highest BCUT2D eigenvalue weighted by atomic mass is 15.1. The van der Waals surface area contributed by atoms with E-state index in [1.54, 1.807) is 0 Å². The van der Waals surface area contributed by atoms with E-state index in [1.807, 2.05) is 0 Å². The molecule has 1 aliphatic rings. The van der Waals surface area contributed by atoms with Crippen molar-refractivity contribution >= 4 is 92.9 Å². The monoisotopic (exact) mass is 1030 g/mol. The lowest BCUT2D eigenvalue weighted by atomic mass is 9.67. The molecule has 0 amide bonds. The Hall–Kier alpha value is -11.2. The fourth-order valence-corrected chi connectivity index (χ4v) is 14.5. The second-order valence-corrected chi connectivity index (χ2v) is 21.2. The highest BCUT2D eigenvalue weighted by molar-refractivity contribution is 6.19. The second kappa shape index (κ2) is 16.9. The zero-order chi connectivity index (χ0) is 53.5. The average Bonchev–Trinajstić information content (AvgIpc) is 4.39. The van der Waals surface area contributed by atoms with E-state index in [9.17, 15) is 11.8 Å². The molecule has 4 aromatic heterocycles. The van der Waals surface area contributed by atoms with E-state index in [1.165, 1.54) is 27.8 Å². The Bertz CT molecular complexity index is 5240. The molecule has 1 aliphatic carbocycles. The standard InChI is InChI=1S/C75H44N6/c1-77-70-71(78-60-37-17-9-29-50(60)51-30-10-18-38-61(51)78)58(46-76)72(74(80-64-41-21-13-33-54(64)55-34-14-22-42-65(55)80)73(70)79-62-39-19-11-31-52(62)53-32-12-20-40-63(53)79)81-66-43-23-15-35-57(66)68-67(81)45-44-56-49-28-8-16-36-59(49)75(69(56)68,47-24-4-2-5-25-47)48-26-6-3-7-27-48/h2-45H. The van der Waals surface area contributed by atoms with Crippen LogP contribution in [0.15, 0.2) is 267 Å². The number of aromatic nitrogens is 4. The molecule has 0 saturated carbocycles. The van der Waals surface area contributed by atoms with Crippen molar-refractivity contribution in [3.8, 4) is 39.9 Å². The second-order valence-electron chi connectivity index (χ2n) is 21.2. The van der Waals surface area contributed by atoms with Gasteiger partial charge in [-0.1, -0.05) is 218 Å². The summed E-state index contributed by atoms with van der Waals surface area (Å²) in [5, 5.41) is 21.2. The van der Waals surface area contributed by atoms with Crippen molar-refractivity contribution in [2.75, 3.05) is 0 Å². The van der Waals surface area contributed by atoms with Crippen LogP contribution in [-0.2, 0) is 5.41 Å². The fraction of sp³-hybridized carbons (Fsp3) is 0.0133. The van der Waals surface area contributed by atoms with Crippen LogP contribution in [0.25, 0.3) is 126 Å². The summed E-state index contributed by atoms with van der Waals surface area (Å²) in [5.41, 5.74) is 17.1. The summed E-state index contributed by atoms with van der Waals surface area (Å²) in [6.07, 6.45) is 0. The van der Waals surface area contributed by atoms with Gasteiger partial charge in [-0.05, 0) is 81.9 Å². The Kier molecular flexibility index (Phi) is 9.37. The van der Waals surface area contributed by atoms with Crippen molar-refractivity contribution in [1.29, 1.82) is 5.26 Å². The first kappa shape index (κ1) is 44.9. The Morgan fingerprint density at radius 3 is 1.12 bits per heavy atom. The number of benzene rings is 12. The first-order valence-electron chi connectivity index (χ1n) is 27.5. The van der Waals surface area contributed by atoms with Gasteiger partial charge in [0.05, 0.1) is 84.4 Å². The van der Waals surface area contributed by atoms with Crippen molar-refractivity contribution in [3.05, 3.63) is 306 Å². The highest BCUT2D eigenvalue weighted by Gasteiger charge is 2.48. The number of fused-ring (bicyclic) bond motifs is 16. The first-order chi connectivity index (χ1) is 40.2. The van der Waals surface area contributed by atoms with E-state index in [0.717, 1.165) is 98.5 Å². The molecular weight excluding hydrogens is 985 g/mol. The SMILES string of the molecule is [C-]#[N+]c1c(-n2c3ccccc3c3ccccc32)c(C#N)c(-n2c3ccccc3c3c4c(ccc32)-c2ccccc2C4(c2ccccc2)c2ccccc2)c(-n2c3ccccc3c3ccccc32)c1-n1c2ccccc2c2ccccc21. The minimum Gasteiger partial charge on any atom is -0.318 e. The van der Waals surface area contributed by atoms with E-state index in [2.05, 4.69) is 291 Å². The molecule has 6 nitrogen and oxygen atoms in total. The normalized spacial score (nSPS) is 12.8. The number of nitrogens with zero attached hydrogens (tertiary/aromatic N) is 6. The zero-order valence-electron chi connectivity index (χ0n) is 43.6. The van der Waals surface area contributed by atoms with E-state index in [4.69, 9.17) is 4.85 Å². The van der Waals surface area contributed by atoms with E-state index in [0.29, 0.717) is 28.3 Å². The van der Waals surface area contributed by atoms with Gasteiger partial charge in [0.15, 0.2) is 0 Å². The van der Waals surface area contributed by atoms with Crippen LogP contribution in [0.3, 0.4) is 0 Å². The molecule has 0 spiro atoms. The molecule has 0 aliphatic heterocycles. The predicted molar refractivity (Wildman–Crippen MR) is 332 cm³/mol. The van der Waals surface area contributed by atoms with Crippen LogP contribution in [0.2, 0.25) is 0 Å². The van der Waals surface area contributed by atoms with Gasteiger partial charge in [-0.15, -0.1) is 0 Å². The summed E-state index contributed by atoms with van der Waals surface area (Å²) in [5.74, 6) is 0. The molecule has 0 unspecified atom stereocenters. The van der Waals surface area contributed by atoms with E-state index >= 15 is 0 Å². The van der Waals surface area contributed by atoms with Gasteiger partial charge in [0.2, 0.25) is 5.69 Å². The molecule has 0 bridgehead atoms. The van der Waals surface area contributed by atoms with Crippen LogP contribution in [0.4, 0.5) is 5.69 Å². The average molecular weight is 1030 g/mol. The van der Waals surface area contributed by atoms with Gasteiger partial charge in [0, 0.05) is 43.1 Å². The molecule has 16 aromatic rings. The van der Waals surface area contributed by atoms with E-state index in [-0.39, 0.29) is 0 Å². The zero-order valence-corrected chi connectivity index (χ0v) is 43.6. The minimum absolute atomic E-state index is 0.356. The van der Waals surface area contributed by atoms with Crippen LogP contribution >= 0.6 is 0 Å². The molecule has 0 radical (unpaired) electrons. The van der Waals surface area contributed by atoms with Crippen molar-refractivity contribution < 1.29 is 0 Å². The molecule has 0 fully saturated rings. The van der Waals surface area contributed by atoms with Crippen molar-refractivity contribution in [2.45, 2.75) is 5.41 Å². The van der Waals surface area contributed by atoms with Crippen LogP contribution < -0.4 is 0 Å². The Morgan fingerprint density at radius 1 is 0.321 bits per heavy atom. The maximum absolute atomic E-state index is 12.8. The lowest BCUT2D eigenvalue weighted by Gasteiger charge is -2.34. The molecule has 0 N–H and O–H groups in total. The number of nitriles is 1. The van der Waals surface area contributed by atoms with Gasteiger partial charge >= 0.3 is 0 Å². The minimum atomic E-state index is -0.743. The topological polar surface area (TPSA) is 47.9 Å². The quantitative estimate of drug-likeness (QED) is 0.153. The summed E-state index contributed by atoms with van der Waals surface area (Å²) < 4.78 is 9.25. The van der Waals surface area contributed by atoms with Gasteiger partial charge < -0.3 is 18.3 Å². The molecular formula is C75H44N6. The van der Waals surface area contributed by atoms with Crippen molar-refractivity contribution in [3.63, 3.8) is 0 Å². The van der Waals surface area contributed by atoms with Gasteiger partial charge in [0.25, 0.3) is 0 Å². The van der Waals surface area contributed by atoms with Crippen LogP contribution in [-0.4, -0.2) is 18.3 Å². The van der Waals surface area contributed by atoms with Crippen molar-refractivity contribution in [1.82, 2.24) is 18.3 Å². The maximum Gasteiger partial charge on any atom is 0.237 e. The third-order valence-electron chi connectivity index (χ3n) is 17.5. The molecule has 6 heteroatoms. The lowest BCUT2D eigenvalue weighted by Crippen LogP contribution is -2.28. The van der Waals surface area contributed by atoms with Crippen molar-refractivity contribution in [2.24, 2.45) is 0 Å². The molecule has 4 heterocycles. The Balaban J connectivity index is 1.17. The molecule has 17 rings (SSSR count). The van der Waals surface area contributed by atoms with Crippen LogP contribution in [0.1, 0.15) is 27.8 Å². The molecule has 0 atom stereocenters. The fourth-order valence-electron chi connectivity index (χ4n) is 14.5. The summed E-state index contributed by atoms with van der Waals surface area (Å²) in [6, 6.07) is 98.2. The third-order valence-corrected chi connectivity index (χ3v) is 17.5. The predicted octanol–water partition coefficient (Wildman–Crippen LogP) is 18.9.